The Kier molecular flexibility index (Phi) is 6.23. The number of carbonyl (C=O) groups excluding carboxylic acids is 2. The molecule has 0 aliphatic carbocycles. The maximum Gasteiger partial charge on any atom is 0.313 e. The van der Waals surface area contributed by atoms with Crippen molar-refractivity contribution in [3.8, 4) is 0 Å². The van der Waals surface area contributed by atoms with E-state index in [0.29, 0.717) is 16.4 Å². The molecule has 110 valence electrons. The molecule has 1 rings (SSSR count). The van der Waals surface area contributed by atoms with Crippen LogP contribution < -0.4 is 16.4 Å². The van der Waals surface area contributed by atoms with Gasteiger partial charge in [0.2, 0.25) is 0 Å². The minimum absolute atomic E-state index is 0.0573. The molecule has 4 N–H and O–H groups in total. The predicted octanol–water partition coefficient (Wildman–Crippen LogP) is 0.596. The first kappa shape index (κ1) is 16.2. The maximum atomic E-state index is 11.6. The van der Waals surface area contributed by atoms with Crippen molar-refractivity contribution in [3.05, 3.63) is 23.2 Å². The topological polar surface area (TPSA) is 103 Å². The largest absolute Gasteiger partial charge is 0.398 e. The molecule has 2 amide bonds. The molecule has 0 aliphatic rings. The summed E-state index contributed by atoms with van der Waals surface area (Å²) in [6, 6.07) is 4.52. The molecule has 0 fully saturated rings. The number of halogens is 1. The van der Waals surface area contributed by atoms with Crippen molar-refractivity contribution in [1.29, 1.82) is 0 Å². The highest BCUT2D eigenvalue weighted by Crippen LogP contribution is 2.22. The van der Waals surface area contributed by atoms with Crippen molar-refractivity contribution in [2.45, 2.75) is 6.29 Å². The smallest absolute Gasteiger partial charge is 0.313 e. The summed E-state index contributed by atoms with van der Waals surface area (Å²) in [6.45, 7) is 0.0573. The first-order valence-corrected chi connectivity index (χ1v) is 6.05. The Hall–Kier alpha value is -1.83. The molecule has 0 saturated carbocycles. The number of hydrogen-bond acceptors (Lipinski definition) is 5. The number of hydrogen-bond donors (Lipinski definition) is 3. The number of nitrogens with one attached hydrogen (secondary N) is 2. The van der Waals surface area contributed by atoms with Gasteiger partial charge in [0.25, 0.3) is 0 Å². The minimum Gasteiger partial charge on any atom is -0.398 e. The van der Waals surface area contributed by atoms with Gasteiger partial charge in [-0.1, -0.05) is 11.6 Å². The SMILES string of the molecule is COC(CNC(=O)C(=O)Nc1ccc(N)c(Cl)c1)OC. The van der Waals surface area contributed by atoms with Gasteiger partial charge < -0.3 is 25.8 Å². The van der Waals surface area contributed by atoms with Crippen LogP contribution in [0.5, 0.6) is 0 Å². The van der Waals surface area contributed by atoms with Crippen LogP contribution in [0.25, 0.3) is 0 Å². The summed E-state index contributed by atoms with van der Waals surface area (Å²) in [5.41, 5.74) is 6.30. The zero-order valence-corrected chi connectivity index (χ0v) is 11.9. The fourth-order valence-corrected chi connectivity index (χ4v) is 1.49. The summed E-state index contributed by atoms with van der Waals surface area (Å²) in [5, 5.41) is 5.06. The number of anilines is 2. The van der Waals surface area contributed by atoms with E-state index in [9.17, 15) is 9.59 Å². The predicted molar refractivity (Wildman–Crippen MR) is 75.3 cm³/mol. The Labute approximate surface area is 121 Å². The molecule has 0 radical (unpaired) electrons. The number of nitrogen functional groups attached to an aromatic ring is 1. The van der Waals surface area contributed by atoms with Crippen molar-refractivity contribution in [2.24, 2.45) is 0 Å². The minimum atomic E-state index is -0.822. The molecule has 0 heterocycles. The van der Waals surface area contributed by atoms with Gasteiger partial charge in [-0.05, 0) is 18.2 Å². The highest BCUT2D eigenvalue weighted by molar-refractivity contribution is 6.40. The third kappa shape index (κ3) is 4.69. The van der Waals surface area contributed by atoms with Gasteiger partial charge in [-0.2, -0.15) is 0 Å². The molecule has 20 heavy (non-hydrogen) atoms. The molecule has 0 atom stereocenters. The second kappa shape index (κ2) is 7.68. The lowest BCUT2D eigenvalue weighted by Crippen LogP contribution is -2.40. The summed E-state index contributed by atoms with van der Waals surface area (Å²) in [5.74, 6) is -1.63. The third-order valence-corrected chi connectivity index (χ3v) is 2.75. The molecule has 1 aromatic rings. The van der Waals surface area contributed by atoms with Crippen LogP contribution in [0.4, 0.5) is 11.4 Å². The average molecular weight is 302 g/mol. The zero-order valence-electron chi connectivity index (χ0n) is 11.1. The number of ether oxygens (including phenoxy) is 2. The number of benzene rings is 1. The molecule has 8 heteroatoms. The Morgan fingerprint density at radius 3 is 2.50 bits per heavy atom. The highest BCUT2D eigenvalue weighted by atomic mass is 35.5. The van der Waals surface area contributed by atoms with Gasteiger partial charge in [0.1, 0.15) is 0 Å². The van der Waals surface area contributed by atoms with Crippen LogP contribution in [0.3, 0.4) is 0 Å². The first-order valence-electron chi connectivity index (χ1n) is 5.67. The van der Waals surface area contributed by atoms with Gasteiger partial charge in [-0.25, -0.2) is 0 Å². The van der Waals surface area contributed by atoms with E-state index in [1.165, 1.54) is 26.4 Å². The third-order valence-electron chi connectivity index (χ3n) is 2.42. The van der Waals surface area contributed by atoms with E-state index in [1.807, 2.05) is 0 Å². The molecule has 0 spiro atoms. The van der Waals surface area contributed by atoms with Gasteiger partial charge in [-0.3, -0.25) is 9.59 Å². The lowest BCUT2D eigenvalue weighted by Gasteiger charge is -2.13. The van der Waals surface area contributed by atoms with Crippen LogP contribution in [0.15, 0.2) is 18.2 Å². The molecular weight excluding hydrogens is 286 g/mol. The van der Waals surface area contributed by atoms with E-state index < -0.39 is 18.1 Å². The lowest BCUT2D eigenvalue weighted by molar-refractivity contribution is -0.139. The molecule has 7 nitrogen and oxygen atoms in total. The quantitative estimate of drug-likeness (QED) is 0.420. The van der Waals surface area contributed by atoms with Crippen molar-refractivity contribution < 1.29 is 19.1 Å². The summed E-state index contributed by atoms with van der Waals surface area (Å²) >= 11 is 5.81. The van der Waals surface area contributed by atoms with E-state index in [2.05, 4.69) is 10.6 Å². The Bertz CT molecular complexity index is 492. The van der Waals surface area contributed by atoms with Crippen molar-refractivity contribution in [2.75, 3.05) is 31.8 Å². The Morgan fingerprint density at radius 2 is 1.95 bits per heavy atom. The lowest BCUT2D eigenvalue weighted by atomic mass is 10.3. The van der Waals surface area contributed by atoms with Gasteiger partial charge in [0.15, 0.2) is 6.29 Å². The van der Waals surface area contributed by atoms with Crippen LogP contribution >= 0.6 is 11.6 Å². The van der Waals surface area contributed by atoms with Crippen LogP contribution in [0.2, 0.25) is 5.02 Å². The van der Waals surface area contributed by atoms with E-state index in [4.69, 9.17) is 26.8 Å². The fourth-order valence-electron chi connectivity index (χ4n) is 1.31. The van der Waals surface area contributed by atoms with Crippen molar-refractivity contribution in [1.82, 2.24) is 5.32 Å². The molecule has 0 saturated heterocycles. The normalized spacial score (nSPS) is 10.4. The molecule has 0 aliphatic heterocycles. The van der Waals surface area contributed by atoms with Gasteiger partial charge in [0, 0.05) is 19.9 Å². The zero-order chi connectivity index (χ0) is 15.1. The highest BCUT2D eigenvalue weighted by Gasteiger charge is 2.16. The molecule has 0 unspecified atom stereocenters. The number of methoxy groups -OCH3 is 2. The van der Waals surface area contributed by atoms with Crippen molar-refractivity contribution in [3.63, 3.8) is 0 Å². The van der Waals surface area contributed by atoms with E-state index in [0.717, 1.165) is 0 Å². The fraction of sp³-hybridized carbons (Fsp3) is 0.333. The molecule has 0 aromatic heterocycles. The number of rotatable bonds is 5. The molecule has 1 aromatic carbocycles. The van der Waals surface area contributed by atoms with E-state index in [1.54, 1.807) is 6.07 Å². The van der Waals surface area contributed by atoms with E-state index >= 15 is 0 Å². The summed E-state index contributed by atoms with van der Waals surface area (Å²) in [6.07, 6.45) is -0.613. The number of amides is 2. The Morgan fingerprint density at radius 1 is 1.30 bits per heavy atom. The van der Waals surface area contributed by atoms with Gasteiger partial charge in [-0.15, -0.1) is 0 Å². The monoisotopic (exact) mass is 301 g/mol. The van der Waals surface area contributed by atoms with Crippen LogP contribution in [-0.2, 0) is 19.1 Å². The van der Waals surface area contributed by atoms with E-state index in [-0.39, 0.29) is 6.54 Å². The standard InChI is InChI=1S/C12H16ClN3O4/c1-19-10(20-2)6-15-11(17)12(18)16-7-3-4-9(14)8(13)5-7/h3-5,10H,6,14H2,1-2H3,(H,15,17)(H,16,18). The van der Waals surface area contributed by atoms with Crippen LogP contribution in [0, 0.1) is 0 Å². The Balaban J connectivity index is 2.53. The van der Waals surface area contributed by atoms with Crippen LogP contribution in [0.1, 0.15) is 0 Å². The second-order valence-corrected chi connectivity index (χ2v) is 4.21. The summed E-state index contributed by atoms with van der Waals surface area (Å²) in [4.78, 5) is 23.2. The maximum absolute atomic E-state index is 11.6. The summed E-state index contributed by atoms with van der Waals surface area (Å²) in [7, 11) is 2.85. The average Bonchev–Trinajstić information content (AvgIpc) is 2.43. The first-order chi connectivity index (χ1) is 9.47. The number of carbonyl (C=O) groups is 2. The molecular formula is C12H16ClN3O4. The van der Waals surface area contributed by atoms with Gasteiger partial charge >= 0.3 is 11.8 Å². The van der Waals surface area contributed by atoms with Crippen molar-refractivity contribution >= 4 is 34.8 Å². The summed E-state index contributed by atoms with van der Waals surface area (Å²) < 4.78 is 9.75. The number of nitrogens with two attached hydrogens (primary N) is 1. The van der Waals surface area contributed by atoms with Crippen LogP contribution in [-0.4, -0.2) is 38.9 Å². The molecule has 0 bridgehead atoms. The second-order valence-electron chi connectivity index (χ2n) is 3.80. The van der Waals surface area contributed by atoms with Gasteiger partial charge in [0.05, 0.1) is 17.3 Å².